The van der Waals surface area contributed by atoms with Crippen LogP contribution in [0.2, 0.25) is 0 Å². The van der Waals surface area contributed by atoms with Crippen molar-refractivity contribution in [3.63, 3.8) is 0 Å². The Labute approximate surface area is 159 Å². The highest BCUT2D eigenvalue weighted by Gasteiger charge is 2.34. The molecule has 1 aliphatic rings. The summed E-state index contributed by atoms with van der Waals surface area (Å²) in [5, 5.41) is 3.84. The van der Waals surface area contributed by atoms with E-state index in [1.807, 2.05) is 29.8 Å². The van der Waals surface area contributed by atoms with Gasteiger partial charge in [0.25, 0.3) is 5.91 Å². The van der Waals surface area contributed by atoms with Crippen molar-refractivity contribution in [3.05, 3.63) is 30.0 Å². The SMILES string of the molecule is COc1ccc2c(c1)cc(C(=O)NC1COCC1CS(=O)(=O)N(C)C)n2C. The van der Waals surface area contributed by atoms with Crippen LogP contribution in [0.5, 0.6) is 5.75 Å². The van der Waals surface area contributed by atoms with E-state index in [2.05, 4.69) is 5.32 Å². The Bertz CT molecular complexity index is 951. The Kier molecular flexibility index (Phi) is 5.45. The monoisotopic (exact) mass is 395 g/mol. The number of nitrogens with zero attached hydrogens (tertiary/aromatic N) is 2. The number of carbonyl (C=O) groups excluding carboxylic acids is 1. The van der Waals surface area contributed by atoms with Crippen molar-refractivity contribution in [2.45, 2.75) is 6.04 Å². The van der Waals surface area contributed by atoms with Gasteiger partial charge < -0.3 is 19.4 Å². The van der Waals surface area contributed by atoms with Crippen LogP contribution in [0.3, 0.4) is 0 Å². The number of carbonyl (C=O) groups is 1. The first kappa shape index (κ1) is 19.7. The lowest BCUT2D eigenvalue weighted by atomic mass is 10.1. The molecule has 2 atom stereocenters. The number of methoxy groups -OCH3 is 1. The number of fused-ring (bicyclic) bond motifs is 1. The fraction of sp³-hybridized carbons (Fsp3) is 0.500. The minimum Gasteiger partial charge on any atom is -0.497 e. The Morgan fingerprint density at radius 2 is 2.07 bits per heavy atom. The van der Waals surface area contributed by atoms with Crippen molar-refractivity contribution >= 4 is 26.8 Å². The van der Waals surface area contributed by atoms with E-state index in [1.165, 1.54) is 18.4 Å². The van der Waals surface area contributed by atoms with Crippen LogP contribution >= 0.6 is 0 Å². The molecule has 1 amide bonds. The summed E-state index contributed by atoms with van der Waals surface area (Å²) in [7, 11) is 3.06. The van der Waals surface area contributed by atoms with Gasteiger partial charge in [0.1, 0.15) is 11.4 Å². The first-order valence-corrected chi connectivity index (χ1v) is 10.3. The van der Waals surface area contributed by atoms with E-state index >= 15 is 0 Å². The van der Waals surface area contributed by atoms with E-state index in [0.29, 0.717) is 18.9 Å². The maximum absolute atomic E-state index is 12.8. The lowest BCUT2D eigenvalue weighted by Gasteiger charge is -2.21. The number of hydrogen-bond donors (Lipinski definition) is 1. The van der Waals surface area contributed by atoms with Gasteiger partial charge in [-0.2, -0.15) is 0 Å². The number of benzene rings is 1. The van der Waals surface area contributed by atoms with Gasteiger partial charge >= 0.3 is 0 Å². The number of hydrogen-bond acceptors (Lipinski definition) is 5. The van der Waals surface area contributed by atoms with Crippen LogP contribution in [-0.2, 0) is 21.8 Å². The Morgan fingerprint density at radius 1 is 1.33 bits per heavy atom. The van der Waals surface area contributed by atoms with Gasteiger partial charge in [-0.05, 0) is 24.3 Å². The molecule has 2 unspecified atom stereocenters. The molecule has 8 nitrogen and oxygen atoms in total. The molecule has 0 spiro atoms. The van der Waals surface area contributed by atoms with Gasteiger partial charge in [0.2, 0.25) is 10.0 Å². The highest BCUT2D eigenvalue weighted by Crippen LogP contribution is 2.24. The minimum absolute atomic E-state index is 0.0583. The molecule has 1 fully saturated rings. The maximum Gasteiger partial charge on any atom is 0.268 e. The van der Waals surface area contributed by atoms with Gasteiger partial charge in [-0.1, -0.05) is 0 Å². The summed E-state index contributed by atoms with van der Waals surface area (Å²) in [4.78, 5) is 12.8. The van der Waals surface area contributed by atoms with Crippen molar-refractivity contribution in [3.8, 4) is 5.75 Å². The average molecular weight is 395 g/mol. The second-order valence-electron chi connectivity index (χ2n) is 6.95. The summed E-state index contributed by atoms with van der Waals surface area (Å²) in [5.41, 5.74) is 1.41. The lowest BCUT2D eigenvalue weighted by Crippen LogP contribution is -2.44. The van der Waals surface area contributed by atoms with E-state index in [9.17, 15) is 13.2 Å². The third kappa shape index (κ3) is 3.95. The smallest absolute Gasteiger partial charge is 0.268 e. The molecule has 1 aromatic carbocycles. The number of nitrogens with one attached hydrogen (secondary N) is 1. The molecule has 9 heteroatoms. The molecule has 3 rings (SSSR count). The van der Waals surface area contributed by atoms with E-state index in [-0.39, 0.29) is 23.6 Å². The molecule has 2 heterocycles. The van der Waals surface area contributed by atoms with Crippen LogP contribution in [0, 0.1) is 5.92 Å². The van der Waals surface area contributed by atoms with Gasteiger partial charge in [-0.3, -0.25) is 4.79 Å². The number of aromatic nitrogens is 1. The number of rotatable bonds is 6. The number of ether oxygens (including phenoxy) is 2. The predicted molar refractivity (Wildman–Crippen MR) is 103 cm³/mol. The zero-order chi connectivity index (χ0) is 19.8. The fourth-order valence-electron chi connectivity index (χ4n) is 3.26. The highest BCUT2D eigenvalue weighted by molar-refractivity contribution is 7.89. The van der Waals surface area contributed by atoms with Gasteiger partial charge in [0, 0.05) is 38.0 Å². The summed E-state index contributed by atoms with van der Waals surface area (Å²) in [6, 6.07) is 7.07. The van der Waals surface area contributed by atoms with Crippen LogP contribution in [0.1, 0.15) is 10.5 Å². The van der Waals surface area contributed by atoms with Crippen molar-refractivity contribution < 1.29 is 22.7 Å². The first-order valence-electron chi connectivity index (χ1n) is 8.65. The van der Waals surface area contributed by atoms with Gasteiger partial charge in [-0.15, -0.1) is 0 Å². The van der Waals surface area contributed by atoms with Gasteiger partial charge in [0.15, 0.2) is 0 Å². The molecular weight excluding hydrogens is 370 g/mol. The standard InChI is InChI=1S/C18H25N3O5S/c1-20(2)27(23,24)11-13-9-26-10-15(13)19-18(22)17-8-12-7-14(25-4)5-6-16(12)21(17)3/h5-8,13,15H,9-11H2,1-4H3,(H,19,22). The van der Waals surface area contributed by atoms with Crippen LogP contribution in [0.4, 0.5) is 0 Å². The Balaban J connectivity index is 1.78. The molecule has 148 valence electrons. The number of aryl methyl sites for hydroxylation is 1. The fourth-order valence-corrected chi connectivity index (χ4v) is 4.42. The van der Waals surface area contributed by atoms with Crippen molar-refractivity contribution in [1.29, 1.82) is 0 Å². The molecule has 0 saturated carbocycles. The third-order valence-corrected chi connectivity index (χ3v) is 6.94. The molecule has 0 bridgehead atoms. The molecule has 27 heavy (non-hydrogen) atoms. The topological polar surface area (TPSA) is 89.9 Å². The zero-order valence-corrected chi connectivity index (χ0v) is 16.7. The molecule has 1 N–H and O–H groups in total. The minimum atomic E-state index is -3.37. The zero-order valence-electron chi connectivity index (χ0n) is 15.9. The molecule has 1 aromatic heterocycles. The Morgan fingerprint density at radius 3 is 2.74 bits per heavy atom. The van der Waals surface area contributed by atoms with E-state index < -0.39 is 10.0 Å². The number of sulfonamides is 1. The summed E-state index contributed by atoms with van der Waals surface area (Å²) >= 11 is 0. The van der Waals surface area contributed by atoms with E-state index in [4.69, 9.17) is 9.47 Å². The van der Waals surface area contributed by atoms with Crippen molar-refractivity contribution in [2.24, 2.45) is 13.0 Å². The lowest BCUT2D eigenvalue weighted by molar-refractivity contribution is 0.0918. The van der Waals surface area contributed by atoms with Crippen LogP contribution in [-0.4, -0.2) is 69.4 Å². The summed E-state index contributed by atoms with van der Waals surface area (Å²) < 4.78 is 38.0. The summed E-state index contributed by atoms with van der Waals surface area (Å²) in [5.74, 6) is 0.127. The molecule has 1 saturated heterocycles. The summed E-state index contributed by atoms with van der Waals surface area (Å²) in [6.07, 6.45) is 0. The van der Waals surface area contributed by atoms with Crippen LogP contribution in [0.15, 0.2) is 24.3 Å². The van der Waals surface area contributed by atoms with Crippen LogP contribution < -0.4 is 10.1 Å². The largest absolute Gasteiger partial charge is 0.497 e. The van der Waals surface area contributed by atoms with E-state index in [0.717, 1.165) is 16.7 Å². The molecular formula is C18H25N3O5S. The molecule has 0 radical (unpaired) electrons. The van der Waals surface area contributed by atoms with Gasteiger partial charge in [0.05, 0.1) is 32.1 Å². The first-order chi connectivity index (χ1) is 12.7. The normalized spacial score (nSPS) is 20.3. The second kappa shape index (κ2) is 7.49. The quantitative estimate of drug-likeness (QED) is 0.782. The second-order valence-corrected chi connectivity index (χ2v) is 9.18. The summed E-state index contributed by atoms with van der Waals surface area (Å²) in [6.45, 7) is 0.613. The van der Waals surface area contributed by atoms with Crippen molar-refractivity contribution in [1.82, 2.24) is 14.2 Å². The maximum atomic E-state index is 12.8. The Hall–Kier alpha value is -2.10. The number of amides is 1. The predicted octanol–water partition coefficient (Wildman–Crippen LogP) is 0.823. The molecule has 2 aromatic rings. The third-order valence-electron chi connectivity index (χ3n) is 4.98. The van der Waals surface area contributed by atoms with Crippen LogP contribution in [0.25, 0.3) is 10.9 Å². The average Bonchev–Trinajstić information content (AvgIpc) is 3.18. The molecule has 0 aliphatic carbocycles. The highest BCUT2D eigenvalue weighted by atomic mass is 32.2. The van der Waals surface area contributed by atoms with Crippen molar-refractivity contribution in [2.75, 3.05) is 40.2 Å². The molecule has 1 aliphatic heterocycles. The van der Waals surface area contributed by atoms with Gasteiger partial charge in [-0.25, -0.2) is 12.7 Å². The van der Waals surface area contributed by atoms with E-state index in [1.54, 1.807) is 13.2 Å².